The van der Waals surface area contributed by atoms with Gasteiger partial charge in [-0.2, -0.15) is 35.7 Å². The minimum atomic E-state index is -0.826. The van der Waals surface area contributed by atoms with E-state index < -0.39 is 20.8 Å². The van der Waals surface area contributed by atoms with E-state index in [4.69, 9.17) is 17.0 Å². The van der Waals surface area contributed by atoms with E-state index in [0.29, 0.717) is 0 Å². The van der Waals surface area contributed by atoms with Gasteiger partial charge in [0, 0.05) is 11.0 Å². The molecule has 0 spiro atoms. The van der Waals surface area contributed by atoms with Crippen molar-refractivity contribution in [2.24, 2.45) is 0 Å². The molecular formula is C14H12Cl2SiZr. The van der Waals surface area contributed by atoms with Gasteiger partial charge >= 0.3 is 37.9 Å². The molecule has 0 aromatic heterocycles. The van der Waals surface area contributed by atoms with Crippen molar-refractivity contribution in [3.63, 3.8) is 0 Å². The van der Waals surface area contributed by atoms with Gasteiger partial charge in [-0.15, -0.1) is 29.7 Å². The van der Waals surface area contributed by atoms with Gasteiger partial charge in [-0.25, -0.2) is 12.1 Å². The number of benzene rings is 1. The van der Waals surface area contributed by atoms with Crippen LogP contribution in [0, 0.1) is 0 Å². The first-order valence-corrected chi connectivity index (χ1v) is 11.4. The van der Waals surface area contributed by atoms with Crippen molar-refractivity contribution in [1.82, 2.24) is 0 Å². The number of fused-ring (bicyclic) bond motifs is 1. The van der Waals surface area contributed by atoms with Gasteiger partial charge < -0.3 is 0 Å². The summed E-state index contributed by atoms with van der Waals surface area (Å²) in [6.45, 7) is 0. The second-order valence-electron chi connectivity index (χ2n) is 3.19. The van der Waals surface area contributed by atoms with Crippen molar-refractivity contribution in [3.05, 3.63) is 72.8 Å². The summed E-state index contributed by atoms with van der Waals surface area (Å²) in [5.41, 5.74) is 0. The summed E-state index contributed by atoms with van der Waals surface area (Å²) in [5.74, 6) is 0. The third-order valence-corrected chi connectivity index (χ3v) is 2.10. The minimum absolute atomic E-state index is 0. The summed E-state index contributed by atoms with van der Waals surface area (Å²) >= 11 is -0.826. The van der Waals surface area contributed by atoms with Crippen LogP contribution in [0.3, 0.4) is 0 Å². The van der Waals surface area contributed by atoms with Gasteiger partial charge in [-0.05, 0) is 0 Å². The molecule has 3 aromatic rings. The maximum absolute atomic E-state index is 4.93. The maximum Gasteiger partial charge on any atom is 0 e. The summed E-state index contributed by atoms with van der Waals surface area (Å²) in [4.78, 5) is 0. The molecule has 0 amide bonds. The Hall–Kier alpha value is -0.140. The number of hydrogen-bond donors (Lipinski definition) is 0. The van der Waals surface area contributed by atoms with Crippen LogP contribution in [0.2, 0.25) is 0 Å². The zero-order chi connectivity index (χ0) is 12.3. The van der Waals surface area contributed by atoms with E-state index in [-0.39, 0.29) is 11.0 Å². The molecule has 3 rings (SSSR count). The summed E-state index contributed by atoms with van der Waals surface area (Å²) in [7, 11) is 9.87. The number of hydrogen-bond acceptors (Lipinski definition) is 0. The molecule has 0 saturated carbocycles. The molecule has 0 heterocycles. The predicted octanol–water partition coefficient (Wildman–Crippen LogP) is 4.96. The molecule has 18 heavy (non-hydrogen) atoms. The van der Waals surface area contributed by atoms with Crippen LogP contribution in [0.5, 0.6) is 0 Å². The van der Waals surface area contributed by atoms with Crippen LogP contribution in [-0.4, -0.2) is 11.0 Å². The molecule has 3 aromatic carbocycles. The Morgan fingerprint density at radius 3 is 1.94 bits per heavy atom. The Morgan fingerprint density at radius 2 is 1.44 bits per heavy atom. The van der Waals surface area contributed by atoms with Gasteiger partial charge in [0.05, 0.1) is 0 Å². The molecule has 0 atom stereocenters. The smallest absolute Gasteiger partial charge is 0 e. The van der Waals surface area contributed by atoms with Gasteiger partial charge in [0.25, 0.3) is 0 Å². The van der Waals surface area contributed by atoms with Crippen LogP contribution in [-0.2, 0) is 20.8 Å². The summed E-state index contributed by atoms with van der Waals surface area (Å²) < 4.78 is 0. The van der Waals surface area contributed by atoms with E-state index >= 15 is 0 Å². The zero-order valence-electron chi connectivity index (χ0n) is 9.68. The van der Waals surface area contributed by atoms with Crippen LogP contribution < -0.4 is 0 Å². The normalized spacial score (nSPS) is 7.89. The van der Waals surface area contributed by atoms with Crippen molar-refractivity contribution in [2.45, 2.75) is 0 Å². The van der Waals surface area contributed by atoms with Crippen molar-refractivity contribution >= 4 is 38.8 Å². The van der Waals surface area contributed by atoms with Crippen LogP contribution in [0.15, 0.2) is 72.8 Å². The molecule has 0 aliphatic carbocycles. The number of rotatable bonds is 0. The molecular weight excluding hydrogens is 358 g/mol. The van der Waals surface area contributed by atoms with Crippen LogP contribution in [0.25, 0.3) is 10.8 Å². The molecule has 0 N–H and O–H groups in total. The first-order chi connectivity index (χ1) is 8.38. The van der Waals surface area contributed by atoms with E-state index in [0.717, 1.165) is 0 Å². The fourth-order valence-corrected chi connectivity index (χ4v) is 1.39. The Kier molecular flexibility index (Phi) is 11.8. The van der Waals surface area contributed by atoms with Crippen molar-refractivity contribution in [2.75, 3.05) is 0 Å². The molecule has 0 aliphatic heterocycles. The minimum Gasteiger partial charge on any atom is -0.214 e. The first-order valence-electron chi connectivity index (χ1n) is 5.12. The Labute approximate surface area is 131 Å². The van der Waals surface area contributed by atoms with Gasteiger partial charge in [0.2, 0.25) is 0 Å². The molecule has 0 bridgehead atoms. The second-order valence-corrected chi connectivity index (χ2v) is 6.92. The van der Waals surface area contributed by atoms with E-state index in [2.05, 4.69) is 42.5 Å². The average molecular weight is 370 g/mol. The van der Waals surface area contributed by atoms with E-state index in [1.807, 2.05) is 30.3 Å². The van der Waals surface area contributed by atoms with Crippen LogP contribution >= 0.6 is 17.0 Å². The maximum atomic E-state index is 4.93. The standard InChI is InChI=1S/C9H7.C5H5.2ClH.Si.Zr/c1-2-5-9-7-3-6-8(9)4-1;1-2-4-5-3-1;;;;/h1-7H;1-5H;2*1H;;/q2*-1;;;;+4/p-2. The fraction of sp³-hybridized carbons (Fsp3) is 0. The van der Waals surface area contributed by atoms with Gasteiger partial charge in [-0.3, -0.25) is 0 Å². The molecule has 0 unspecified atom stereocenters. The monoisotopic (exact) mass is 368 g/mol. The number of halogens is 2. The molecule has 4 radical (unpaired) electrons. The van der Waals surface area contributed by atoms with E-state index in [9.17, 15) is 0 Å². The van der Waals surface area contributed by atoms with Crippen molar-refractivity contribution < 1.29 is 20.8 Å². The summed E-state index contributed by atoms with van der Waals surface area (Å²) in [6.07, 6.45) is 0. The Bertz CT molecular complexity index is 444. The Morgan fingerprint density at radius 1 is 0.833 bits per heavy atom. The Balaban J connectivity index is 0.000000277. The van der Waals surface area contributed by atoms with Gasteiger partial charge in [0.15, 0.2) is 0 Å². The average Bonchev–Trinajstić information content (AvgIpc) is 3.05. The molecule has 4 heteroatoms. The molecule has 90 valence electrons. The van der Waals surface area contributed by atoms with Gasteiger partial charge in [-0.1, -0.05) is 6.07 Å². The third kappa shape index (κ3) is 7.33. The molecule has 0 aliphatic rings. The van der Waals surface area contributed by atoms with Crippen LogP contribution in [0.4, 0.5) is 0 Å². The van der Waals surface area contributed by atoms with Gasteiger partial charge in [0.1, 0.15) is 0 Å². The second kappa shape index (κ2) is 11.9. The summed E-state index contributed by atoms with van der Waals surface area (Å²) in [6, 6.07) is 24.7. The first kappa shape index (κ1) is 17.9. The third-order valence-electron chi connectivity index (χ3n) is 2.10. The quantitative estimate of drug-likeness (QED) is 0.388. The molecule has 0 saturated heterocycles. The van der Waals surface area contributed by atoms with E-state index in [1.54, 1.807) is 0 Å². The van der Waals surface area contributed by atoms with Crippen LogP contribution in [0.1, 0.15) is 0 Å². The topological polar surface area (TPSA) is 0 Å². The largest absolute Gasteiger partial charge is 0.214 e. The molecule has 0 nitrogen and oxygen atoms in total. The summed E-state index contributed by atoms with van der Waals surface area (Å²) in [5, 5.41) is 2.66. The SMILES string of the molecule is [Cl][Zr+2][Cl].[Si].c1cc[cH-]c1.c1ccc2[cH-]ccc2c1. The fourth-order valence-electron chi connectivity index (χ4n) is 1.39. The van der Waals surface area contributed by atoms with E-state index in [1.165, 1.54) is 10.8 Å². The predicted molar refractivity (Wildman–Crippen MR) is 79.0 cm³/mol. The van der Waals surface area contributed by atoms with Crippen molar-refractivity contribution in [3.8, 4) is 0 Å². The molecule has 0 fully saturated rings. The van der Waals surface area contributed by atoms with Crippen molar-refractivity contribution in [1.29, 1.82) is 0 Å². The zero-order valence-corrected chi connectivity index (χ0v) is 14.7.